The molecule has 0 fully saturated rings. The second kappa shape index (κ2) is 9.16. The predicted octanol–water partition coefficient (Wildman–Crippen LogP) is 4.45. The van der Waals surface area contributed by atoms with Gasteiger partial charge in [-0.1, -0.05) is 57.5 Å². The maximum atomic E-state index is 11.2. The second-order valence-corrected chi connectivity index (χ2v) is 6.69. The van der Waals surface area contributed by atoms with Crippen molar-refractivity contribution in [3.8, 4) is 6.07 Å². The van der Waals surface area contributed by atoms with Crippen LogP contribution in [0.1, 0.15) is 45.6 Å². The minimum atomic E-state index is -1.09. The lowest BCUT2D eigenvalue weighted by atomic mass is 9.79. The molecule has 0 aliphatic heterocycles. The fourth-order valence-corrected chi connectivity index (χ4v) is 2.24. The fourth-order valence-electron chi connectivity index (χ4n) is 2.24. The summed E-state index contributed by atoms with van der Waals surface area (Å²) < 4.78 is 0. The van der Waals surface area contributed by atoms with Crippen molar-refractivity contribution in [1.82, 2.24) is 5.06 Å². The summed E-state index contributed by atoms with van der Waals surface area (Å²) in [6, 6.07) is 11.8. The minimum absolute atomic E-state index is 0.0222. The molecular formula is C18H26N2O3. The van der Waals surface area contributed by atoms with E-state index in [2.05, 4.69) is 6.07 Å². The largest absolute Gasteiger partial charge is 0.463 e. The van der Waals surface area contributed by atoms with Crippen LogP contribution in [-0.4, -0.2) is 22.8 Å². The normalized spacial score (nSPS) is 12.4. The van der Waals surface area contributed by atoms with Crippen molar-refractivity contribution in [2.24, 2.45) is 11.3 Å². The van der Waals surface area contributed by atoms with E-state index in [1.54, 1.807) is 0 Å². The number of carbonyl (C=O) groups is 1. The van der Waals surface area contributed by atoms with Crippen LogP contribution in [0.4, 0.5) is 4.79 Å². The Morgan fingerprint density at radius 3 is 2.48 bits per heavy atom. The van der Waals surface area contributed by atoms with Crippen LogP contribution in [0, 0.1) is 22.7 Å². The molecular weight excluding hydrogens is 292 g/mol. The van der Waals surface area contributed by atoms with Crippen LogP contribution in [0.15, 0.2) is 30.3 Å². The number of unbranched alkanes of at least 4 members (excludes halogenated alkanes) is 1. The van der Waals surface area contributed by atoms with Gasteiger partial charge in [0.1, 0.15) is 6.61 Å². The lowest BCUT2D eigenvalue weighted by molar-refractivity contribution is -0.141. The second-order valence-electron chi connectivity index (χ2n) is 6.69. The third-order valence-electron chi connectivity index (χ3n) is 3.75. The van der Waals surface area contributed by atoms with Crippen LogP contribution < -0.4 is 0 Å². The molecule has 1 atom stereocenters. The van der Waals surface area contributed by atoms with Gasteiger partial charge in [0.15, 0.2) is 0 Å². The van der Waals surface area contributed by atoms with Gasteiger partial charge >= 0.3 is 6.09 Å². The Balaban J connectivity index is 2.37. The Bertz CT molecular complexity index is 517. The third kappa shape index (κ3) is 7.16. The molecule has 0 saturated carbocycles. The Hall–Kier alpha value is -2.06. The lowest BCUT2D eigenvalue weighted by Gasteiger charge is -2.25. The fraction of sp³-hybridized carbons (Fsp3) is 0.556. The van der Waals surface area contributed by atoms with Crippen LogP contribution >= 0.6 is 0 Å². The molecule has 1 N–H and O–H groups in total. The van der Waals surface area contributed by atoms with Crippen LogP contribution in [0.5, 0.6) is 0 Å². The summed E-state index contributed by atoms with van der Waals surface area (Å²) in [5.41, 5.74) is 0.876. The molecule has 23 heavy (non-hydrogen) atoms. The molecule has 0 saturated heterocycles. The average molecular weight is 318 g/mol. The first-order valence-electron chi connectivity index (χ1n) is 7.91. The number of hydrogen-bond donors (Lipinski definition) is 1. The van der Waals surface area contributed by atoms with E-state index in [0.717, 1.165) is 23.5 Å². The van der Waals surface area contributed by atoms with Gasteiger partial charge in [-0.15, -0.1) is 0 Å². The van der Waals surface area contributed by atoms with Crippen molar-refractivity contribution in [3.05, 3.63) is 35.9 Å². The molecule has 0 aromatic heterocycles. The maximum Gasteiger partial charge on any atom is 0.431 e. The lowest BCUT2D eigenvalue weighted by Crippen LogP contribution is -2.30. The number of carboxylic acid groups (broad SMARTS) is 1. The summed E-state index contributed by atoms with van der Waals surface area (Å²) in [5.74, 6) is -0.0222. The molecule has 126 valence electrons. The summed E-state index contributed by atoms with van der Waals surface area (Å²) in [4.78, 5) is 16.6. The first-order chi connectivity index (χ1) is 10.8. The maximum absolute atomic E-state index is 11.2. The summed E-state index contributed by atoms with van der Waals surface area (Å²) in [6.07, 6.45) is 1.16. The molecule has 0 heterocycles. The van der Waals surface area contributed by atoms with Gasteiger partial charge in [0.05, 0.1) is 18.5 Å². The van der Waals surface area contributed by atoms with E-state index >= 15 is 0 Å². The van der Waals surface area contributed by atoms with Gasteiger partial charge < -0.3 is 5.11 Å². The molecule has 5 nitrogen and oxygen atoms in total. The van der Waals surface area contributed by atoms with Crippen LogP contribution in [0.3, 0.4) is 0 Å². The zero-order chi connectivity index (χ0) is 17.3. The number of amides is 1. The van der Waals surface area contributed by atoms with Crippen molar-refractivity contribution < 1.29 is 14.7 Å². The van der Waals surface area contributed by atoms with E-state index in [-0.39, 0.29) is 17.9 Å². The highest BCUT2D eigenvalue weighted by molar-refractivity contribution is 5.63. The molecule has 0 bridgehead atoms. The van der Waals surface area contributed by atoms with E-state index in [0.29, 0.717) is 13.0 Å². The third-order valence-corrected chi connectivity index (χ3v) is 3.75. The van der Waals surface area contributed by atoms with Crippen molar-refractivity contribution in [3.63, 3.8) is 0 Å². The van der Waals surface area contributed by atoms with Gasteiger partial charge in [0, 0.05) is 0 Å². The van der Waals surface area contributed by atoms with Gasteiger partial charge in [-0.3, -0.25) is 4.84 Å². The van der Waals surface area contributed by atoms with Gasteiger partial charge in [-0.05, 0) is 23.8 Å². The smallest absolute Gasteiger partial charge is 0.431 e. The number of hydrogen-bond acceptors (Lipinski definition) is 3. The highest BCUT2D eigenvalue weighted by Crippen LogP contribution is 2.29. The van der Waals surface area contributed by atoms with Crippen LogP contribution in [-0.2, 0) is 11.4 Å². The molecule has 1 rings (SSSR count). The summed E-state index contributed by atoms with van der Waals surface area (Å²) >= 11 is 0. The molecule has 1 unspecified atom stereocenters. The topological polar surface area (TPSA) is 73.6 Å². The predicted molar refractivity (Wildman–Crippen MR) is 88.4 cm³/mol. The molecule has 0 aliphatic rings. The average Bonchev–Trinajstić information content (AvgIpc) is 2.49. The van der Waals surface area contributed by atoms with E-state index < -0.39 is 6.09 Å². The standard InChI is InChI=1S/C18H26N2O3/c1-18(2,3)16(13-19)11-7-8-12-20(17(21)22)23-14-15-9-5-4-6-10-15/h4-6,9-10,16H,7-8,11-12,14H2,1-3H3,(H,21,22). The van der Waals surface area contributed by atoms with E-state index in [9.17, 15) is 15.2 Å². The zero-order valence-corrected chi connectivity index (χ0v) is 14.2. The first-order valence-corrected chi connectivity index (χ1v) is 7.91. The van der Waals surface area contributed by atoms with Gasteiger partial charge in [-0.2, -0.15) is 10.3 Å². The Morgan fingerprint density at radius 1 is 1.30 bits per heavy atom. The molecule has 0 radical (unpaired) electrons. The number of nitriles is 1. The monoisotopic (exact) mass is 318 g/mol. The Morgan fingerprint density at radius 2 is 1.96 bits per heavy atom. The highest BCUT2D eigenvalue weighted by Gasteiger charge is 2.23. The zero-order valence-electron chi connectivity index (χ0n) is 14.2. The van der Waals surface area contributed by atoms with Gasteiger partial charge in [0.2, 0.25) is 0 Å². The summed E-state index contributed by atoms with van der Waals surface area (Å²) in [6.45, 7) is 6.69. The minimum Gasteiger partial charge on any atom is -0.463 e. The molecule has 0 aliphatic carbocycles. The van der Waals surface area contributed by atoms with Crippen molar-refractivity contribution in [2.45, 2.75) is 46.6 Å². The van der Waals surface area contributed by atoms with Gasteiger partial charge in [-0.25, -0.2) is 4.79 Å². The molecule has 1 aromatic rings. The first kappa shape index (κ1) is 19.0. The number of hydroxylamine groups is 2. The van der Waals surface area contributed by atoms with E-state index in [4.69, 9.17) is 4.84 Å². The Labute approximate surface area is 138 Å². The number of benzene rings is 1. The SMILES string of the molecule is CC(C)(C)C(C#N)CCCCN(OCc1ccccc1)C(=O)O. The number of rotatable bonds is 8. The van der Waals surface area contributed by atoms with Crippen LogP contribution in [0.2, 0.25) is 0 Å². The van der Waals surface area contributed by atoms with Crippen LogP contribution in [0.25, 0.3) is 0 Å². The summed E-state index contributed by atoms with van der Waals surface area (Å²) in [5, 5.41) is 19.4. The number of nitrogens with zero attached hydrogens (tertiary/aromatic N) is 2. The molecule has 0 spiro atoms. The van der Waals surface area contributed by atoms with E-state index in [1.807, 2.05) is 51.1 Å². The molecule has 1 aromatic carbocycles. The Kier molecular flexibility index (Phi) is 7.56. The molecule has 5 heteroatoms. The summed E-state index contributed by atoms with van der Waals surface area (Å²) in [7, 11) is 0. The van der Waals surface area contributed by atoms with Crippen molar-refractivity contribution in [1.29, 1.82) is 5.26 Å². The van der Waals surface area contributed by atoms with Crippen molar-refractivity contribution >= 4 is 6.09 Å². The quantitative estimate of drug-likeness (QED) is 0.567. The van der Waals surface area contributed by atoms with Crippen molar-refractivity contribution in [2.75, 3.05) is 6.54 Å². The van der Waals surface area contributed by atoms with E-state index in [1.165, 1.54) is 0 Å². The molecule has 1 amide bonds. The van der Waals surface area contributed by atoms with Gasteiger partial charge in [0.25, 0.3) is 0 Å². The highest BCUT2D eigenvalue weighted by atomic mass is 16.7.